The Hall–Kier alpha value is -2.67. The number of furan rings is 1. The van der Waals surface area contributed by atoms with Gasteiger partial charge in [0, 0.05) is 26.1 Å². The van der Waals surface area contributed by atoms with Crippen LogP contribution in [0.3, 0.4) is 0 Å². The lowest BCUT2D eigenvalue weighted by Crippen LogP contribution is -2.41. The van der Waals surface area contributed by atoms with Crippen molar-refractivity contribution in [2.75, 3.05) is 25.0 Å². The molecule has 0 bridgehead atoms. The van der Waals surface area contributed by atoms with E-state index in [0.717, 1.165) is 48.1 Å². The molecule has 140 valence electrons. The standard InChI is InChI=1S/C20H22N4O2S/c1-23(14-16-4-2-12-26-16)20(25)15-8-10-24(11-9-15)19-7-6-17(21-22-19)18-5-3-13-27-18/h2-7,12-13,15H,8-11,14H2,1H3. The Bertz CT molecular complexity index is 854. The molecule has 0 spiro atoms. The number of carbonyl (C=O) groups is 1. The predicted molar refractivity (Wildman–Crippen MR) is 105 cm³/mol. The van der Waals surface area contributed by atoms with E-state index >= 15 is 0 Å². The molecule has 1 amide bonds. The summed E-state index contributed by atoms with van der Waals surface area (Å²) in [6, 6.07) is 11.8. The van der Waals surface area contributed by atoms with Crippen molar-refractivity contribution < 1.29 is 9.21 Å². The quantitative estimate of drug-likeness (QED) is 0.674. The van der Waals surface area contributed by atoms with Gasteiger partial charge in [-0.3, -0.25) is 4.79 Å². The van der Waals surface area contributed by atoms with Crippen LogP contribution in [0.1, 0.15) is 18.6 Å². The molecule has 3 aromatic heterocycles. The molecule has 1 aliphatic rings. The molecule has 0 radical (unpaired) electrons. The van der Waals surface area contributed by atoms with Crippen molar-refractivity contribution in [1.29, 1.82) is 0 Å². The zero-order chi connectivity index (χ0) is 18.6. The molecule has 0 unspecified atom stereocenters. The third-order valence-corrected chi connectivity index (χ3v) is 5.83. The number of amides is 1. The lowest BCUT2D eigenvalue weighted by molar-refractivity contribution is -0.135. The summed E-state index contributed by atoms with van der Waals surface area (Å²) >= 11 is 1.66. The first kappa shape index (κ1) is 17.7. The molecule has 4 heterocycles. The van der Waals surface area contributed by atoms with Crippen molar-refractivity contribution in [3.05, 3.63) is 53.8 Å². The van der Waals surface area contributed by atoms with Crippen LogP contribution in [-0.2, 0) is 11.3 Å². The fourth-order valence-corrected chi connectivity index (χ4v) is 4.12. The fourth-order valence-electron chi connectivity index (χ4n) is 3.43. The van der Waals surface area contributed by atoms with Gasteiger partial charge in [0.15, 0.2) is 5.82 Å². The molecule has 3 aromatic rings. The van der Waals surface area contributed by atoms with Gasteiger partial charge in [0.25, 0.3) is 0 Å². The van der Waals surface area contributed by atoms with Crippen molar-refractivity contribution in [1.82, 2.24) is 15.1 Å². The summed E-state index contributed by atoms with van der Waals surface area (Å²) in [7, 11) is 1.84. The van der Waals surface area contributed by atoms with Crippen molar-refractivity contribution in [2.24, 2.45) is 5.92 Å². The minimum Gasteiger partial charge on any atom is -0.467 e. The molecular formula is C20H22N4O2S. The summed E-state index contributed by atoms with van der Waals surface area (Å²) in [6.45, 7) is 2.15. The van der Waals surface area contributed by atoms with Crippen LogP contribution < -0.4 is 4.90 Å². The topological polar surface area (TPSA) is 62.5 Å². The molecule has 1 saturated heterocycles. The monoisotopic (exact) mass is 382 g/mol. The van der Waals surface area contributed by atoms with Gasteiger partial charge in [-0.15, -0.1) is 21.5 Å². The summed E-state index contributed by atoms with van der Waals surface area (Å²) in [5, 5.41) is 10.8. The first-order valence-electron chi connectivity index (χ1n) is 9.10. The summed E-state index contributed by atoms with van der Waals surface area (Å²) in [5.74, 6) is 1.93. The second-order valence-corrected chi connectivity index (χ2v) is 7.74. The van der Waals surface area contributed by atoms with Crippen LogP contribution >= 0.6 is 11.3 Å². The van der Waals surface area contributed by atoms with Gasteiger partial charge in [-0.25, -0.2) is 0 Å². The smallest absolute Gasteiger partial charge is 0.225 e. The molecule has 27 heavy (non-hydrogen) atoms. The van der Waals surface area contributed by atoms with E-state index in [0.29, 0.717) is 6.54 Å². The SMILES string of the molecule is CN(Cc1ccco1)C(=O)C1CCN(c2ccc(-c3cccs3)nn2)CC1. The average Bonchev–Trinajstić information content (AvgIpc) is 3.42. The predicted octanol–water partition coefficient (Wildman–Crippen LogP) is 3.67. The van der Waals surface area contributed by atoms with Gasteiger partial charge in [-0.1, -0.05) is 6.07 Å². The first-order valence-corrected chi connectivity index (χ1v) is 9.98. The molecule has 0 saturated carbocycles. The number of hydrogen-bond donors (Lipinski definition) is 0. The summed E-state index contributed by atoms with van der Waals surface area (Å²) in [5.41, 5.74) is 0.901. The Labute approximate surface area is 162 Å². The summed E-state index contributed by atoms with van der Waals surface area (Å²) in [6.07, 6.45) is 3.29. The number of piperidine rings is 1. The second kappa shape index (κ2) is 7.92. The normalized spacial score (nSPS) is 15.1. The number of carbonyl (C=O) groups excluding carboxylic acids is 1. The maximum absolute atomic E-state index is 12.7. The highest BCUT2D eigenvalue weighted by atomic mass is 32.1. The Kier molecular flexibility index (Phi) is 5.20. The van der Waals surface area contributed by atoms with Crippen molar-refractivity contribution in [3.63, 3.8) is 0 Å². The third kappa shape index (κ3) is 4.03. The van der Waals surface area contributed by atoms with Crippen LogP contribution in [0.25, 0.3) is 10.6 Å². The van der Waals surface area contributed by atoms with Crippen molar-refractivity contribution in [3.8, 4) is 10.6 Å². The number of thiophene rings is 1. The van der Waals surface area contributed by atoms with E-state index < -0.39 is 0 Å². The lowest BCUT2D eigenvalue weighted by atomic mass is 9.95. The zero-order valence-electron chi connectivity index (χ0n) is 15.2. The van der Waals surface area contributed by atoms with Crippen LogP contribution in [0.15, 0.2) is 52.5 Å². The number of rotatable bonds is 5. The van der Waals surface area contributed by atoms with E-state index in [1.54, 1.807) is 22.5 Å². The largest absolute Gasteiger partial charge is 0.467 e. The van der Waals surface area contributed by atoms with E-state index in [9.17, 15) is 4.79 Å². The van der Waals surface area contributed by atoms with Gasteiger partial charge in [0.2, 0.25) is 5.91 Å². The maximum atomic E-state index is 12.7. The highest BCUT2D eigenvalue weighted by Gasteiger charge is 2.28. The number of nitrogens with zero attached hydrogens (tertiary/aromatic N) is 4. The van der Waals surface area contributed by atoms with E-state index in [2.05, 4.69) is 15.1 Å². The average molecular weight is 382 g/mol. The van der Waals surface area contributed by atoms with E-state index in [4.69, 9.17) is 4.42 Å². The van der Waals surface area contributed by atoms with Gasteiger partial charge in [-0.2, -0.15) is 0 Å². The number of hydrogen-bond acceptors (Lipinski definition) is 6. The zero-order valence-corrected chi connectivity index (χ0v) is 16.1. The molecule has 0 aliphatic carbocycles. The first-order chi connectivity index (χ1) is 13.2. The molecule has 0 aromatic carbocycles. The number of aromatic nitrogens is 2. The van der Waals surface area contributed by atoms with Gasteiger partial charge >= 0.3 is 0 Å². The van der Waals surface area contributed by atoms with Crippen LogP contribution in [0.5, 0.6) is 0 Å². The highest BCUT2D eigenvalue weighted by Crippen LogP contribution is 2.26. The third-order valence-electron chi connectivity index (χ3n) is 4.94. The van der Waals surface area contributed by atoms with Crippen LogP contribution in [0.2, 0.25) is 0 Å². The highest BCUT2D eigenvalue weighted by molar-refractivity contribution is 7.13. The Morgan fingerprint density at radius 1 is 1.22 bits per heavy atom. The van der Waals surface area contributed by atoms with E-state index in [1.165, 1.54) is 0 Å². The molecule has 0 atom stereocenters. The summed E-state index contributed by atoms with van der Waals surface area (Å²) < 4.78 is 5.34. The Morgan fingerprint density at radius 2 is 2.07 bits per heavy atom. The van der Waals surface area contributed by atoms with Crippen LogP contribution in [0, 0.1) is 5.92 Å². The molecular weight excluding hydrogens is 360 g/mol. The molecule has 4 rings (SSSR count). The Morgan fingerprint density at radius 3 is 2.70 bits per heavy atom. The number of anilines is 1. The molecule has 1 aliphatic heterocycles. The van der Waals surface area contributed by atoms with Gasteiger partial charge < -0.3 is 14.2 Å². The lowest BCUT2D eigenvalue weighted by Gasteiger charge is -2.33. The summed E-state index contributed by atoms with van der Waals surface area (Å²) in [4.78, 5) is 17.8. The van der Waals surface area contributed by atoms with Crippen molar-refractivity contribution in [2.45, 2.75) is 19.4 Å². The van der Waals surface area contributed by atoms with E-state index in [-0.39, 0.29) is 11.8 Å². The maximum Gasteiger partial charge on any atom is 0.225 e. The minimum absolute atomic E-state index is 0.0552. The molecule has 0 N–H and O–H groups in total. The molecule has 1 fully saturated rings. The van der Waals surface area contributed by atoms with E-state index in [1.807, 2.05) is 48.8 Å². The van der Waals surface area contributed by atoms with Crippen molar-refractivity contribution >= 4 is 23.1 Å². The van der Waals surface area contributed by atoms with Gasteiger partial charge in [0.1, 0.15) is 11.5 Å². The Balaban J connectivity index is 1.32. The fraction of sp³-hybridized carbons (Fsp3) is 0.350. The van der Waals surface area contributed by atoms with Gasteiger partial charge in [-0.05, 0) is 48.6 Å². The second-order valence-electron chi connectivity index (χ2n) is 6.79. The van der Waals surface area contributed by atoms with Gasteiger partial charge in [0.05, 0.1) is 17.7 Å². The molecule has 7 heteroatoms. The minimum atomic E-state index is 0.0552. The van der Waals surface area contributed by atoms with Crippen LogP contribution in [0.4, 0.5) is 5.82 Å². The van der Waals surface area contributed by atoms with Crippen LogP contribution in [-0.4, -0.2) is 41.1 Å². The molecule has 6 nitrogen and oxygen atoms in total.